The molecular weight excluding hydrogens is 278 g/mol. The molecule has 0 amide bonds. The third-order valence-electron chi connectivity index (χ3n) is 3.86. The maximum atomic E-state index is 12.7. The first-order chi connectivity index (χ1) is 9.23. The van der Waals surface area contributed by atoms with E-state index in [9.17, 15) is 13.2 Å². The van der Waals surface area contributed by atoms with Crippen molar-refractivity contribution in [2.24, 2.45) is 11.8 Å². The van der Waals surface area contributed by atoms with Gasteiger partial charge in [0, 0.05) is 13.1 Å². The van der Waals surface area contributed by atoms with Crippen LogP contribution in [0.3, 0.4) is 0 Å². The molecule has 1 fully saturated rings. The molecule has 1 saturated heterocycles. The van der Waals surface area contributed by atoms with Gasteiger partial charge in [-0.1, -0.05) is 19.1 Å². The van der Waals surface area contributed by atoms with Crippen molar-refractivity contribution in [3.63, 3.8) is 0 Å². The number of carboxylic acid groups (broad SMARTS) is 1. The van der Waals surface area contributed by atoms with Crippen LogP contribution in [0.4, 0.5) is 0 Å². The third kappa shape index (κ3) is 2.58. The number of carbonyl (C=O) groups is 1. The summed E-state index contributed by atoms with van der Waals surface area (Å²) in [5.74, 6) is -1.74. The van der Waals surface area contributed by atoms with Gasteiger partial charge in [0.2, 0.25) is 10.0 Å². The van der Waals surface area contributed by atoms with Crippen molar-refractivity contribution in [2.75, 3.05) is 13.1 Å². The Kier molecular flexibility index (Phi) is 3.88. The molecule has 1 aliphatic heterocycles. The number of aliphatic carboxylic acids is 1. The van der Waals surface area contributed by atoms with Gasteiger partial charge in [-0.3, -0.25) is 4.79 Å². The normalized spacial score (nSPS) is 23.9. The lowest BCUT2D eigenvalue weighted by atomic mass is 9.99. The maximum Gasteiger partial charge on any atom is 0.308 e. The number of nitrogens with zero attached hydrogens (tertiary/aromatic N) is 1. The number of sulfonamides is 1. The van der Waals surface area contributed by atoms with E-state index in [4.69, 9.17) is 5.11 Å². The van der Waals surface area contributed by atoms with Crippen molar-refractivity contribution in [3.05, 3.63) is 29.3 Å². The van der Waals surface area contributed by atoms with Crippen LogP contribution in [0.1, 0.15) is 18.1 Å². The SMILES string of the molecule is Cc1ccc(C)c(S(=O)(=O)N2CC(C)C(C(=O)O)C2)c1. The summed E-state index contributed by atoms with van der Waals surface area (Å²) >= 11 is 0. The average molecular weight is 297 g/mol. The van der Waals surface area contributed by atoms with E-state index < -0.39 is 21.9 Å². The standard InChI is InChI=1S/C14H19NO4S/c1-9-4-5-10(2)13(6-9)20(18,19)15-7-11(3)12(8-15)14(16)17/h4-6,11-12H,7-8H2,1-3H3,(H,16,17). The molecule has 2 unspecified atom stereocenters. The Hall–Kier alpha value is -1.40. The number of rotatable bonds is 3. The van der Waals surface area contributed by atoms with Gasteiger partial charge < -0.3 is 5.11 Å². The lowest BCUT2D eigenvalue weighted by Crippen LogP contribution is -2.30. The van der Waals surface area contributed by atoms with E-state index in [-0.39, 0.29) is 23.9 Å². The second-order valence-electron chi connectivity index (χ2n) is 5.51. The van der Waals surface area contributed by atoms with E-state index in [0.29, 0.717) is 5.56 Å². The van der Waals surface area contributed by atoms with E-state index in [0.717, 1.165) is 5.56 Å². The number of carboxylic acids is 1. The van der Waals surface area contributed by atoms with Crippen LogP contribution >= 0.6 is 0 Å². The molecule has 1 aliphatic rings. The molecule has 0 aromatic heterocycles. The van der Waals surface area contributed by atoms with Crippen LogP contribution in [0.25, 0.3) is 0 Å². The lowest BCUT2D eigenvalue weighted by Gasteiger charge is -2.18. The van der Waals surface area contributed by atoms with Gasteiger partial charge >= 0.3 is 5.97 Å². The zero-order chi connectivity index (χ0) is 15.1. The van der Waals surface area contributed by atoms with Gasteiger partial charge in [0.25, 0.3) is 0 Å². The third-order valence-corrected chi connectivity index (χ3v) is 5.83. The topological polar surface area (TPSA) is 74.7 Å². The fraction of sp³-hybridized carbons (Fsp3) is 0.500. The first-order valence-electron chi connectivity index (χ1n) is 6.53. The predicted molar refractivity (Wildman–Crippen MR) is 75.0 cm³/mol. The molecule has 0 aliphatic carbocycles. The fourth-order valence-corrected chi connectivity index (χ4v) is 4.44. The molecule has 2 rings (SSSR count). The fourth-order valence-electron chi connectivity index (χ4n) is 2.56. The highest BCUT2D eigenvalue weighted by molar-refractivity contribution is 7.89. The van der Waals surface area contributed by atoms with Gasteiger partial charge in [-0.2, -0.15) is 4.31 Å². The number of benzene rings is 1. The van der Waals surface area contributed by atoms with E-state index in [1.807, 2.05) is 13.0 Å². The van der Waals surface area contributed by atoms with Crippen LogP contribution in [0.15, 0.2) is 23.1 Å². The van der Waals surface area contributed by atoms with Crippen molar-refractivity contribution in [3.8, 4) is 0 Å². The molecule has 0 radical (unpaired) electrons. The largest absolute Gasteiger partial charge is 0.481 e. The first-order valence-corrected chi connectivity index (χ1v) is 7.97. The highest BCUT2D eigenvalue weighted by atomic mass is 32.2. The van der Waals surface area contributed by atoms with Gasteiger partial charge in [0.1, 0.15) is 0 Å². The molecule has 5 nitrogen and oxygen atoms in total. The summed E-state index contributed by atoms with van der Waals surface area (Å²) in [5.41, 5.74) is 1.55. The monoisotopic (exact) mass is 297 g/mol. The van der Waals surface area contributed by atoms with Gasteiger partial charge in [-0.25, -0.2) is 8.42 Å². The summed E-state index contributed by atoms with van der Waals surface area (Å²) in [7, 11) is -3.62. The first kappa shape index (κ1) is 15.0. The van der Waals surface area contributed by atoms with Crippen LogP contribution in [0.5, 0.6) is 0 Å². The van der Waals surface area contributed by atoms with Crippen molar-refractivity contribution in [1.82, 2.24) is 4.31 Å². The molecule has 2 atom stereocenters. The molecule has 20 heavy (non-hydrogen) atoms. The molecule has 1 aromatic rings. The van der Waals surface area contributed by atoms with Crippen molar-refractivity contribution in [2.45, 2.75) is 25.7 Å². The minimum atomic E-state index is -3.62. The Morgan fingerprint density at radius 3 is 2.50 bits per heavy atom. The van der Waals surface area contributed by atoms with Gasteiger partial charge in [0.15, 0.2) is 0 Å². The van der Waals surface area contributed by atoms with Crippen molar-refractivity contribution >= 4 is 16.0 Å². The van der Waals surface area contributed by atoms with Gasteiger partial charge in [-0.15, -0.1) is 0 Å². The highest BCUT2D eigenvalue weighted by Crippen LogP contribution is 2.30. The van der Waals surface area contributed by atoms with Crippen molar-refractivity contribution in [1.29, 1.82) is 0 Å². The summed E-state index contributed by atoms with van der Waals surface area (Å²) in [6.07, 6.45) is 0. The predicted octanol–water partition coefficient (Wildman–Crippen LogP) is 1.64. The number of hydrogen-bond acceptors (Lipinski definition) is 3. The number of hydrogen-bond donors (Lipinski definition) is 1. The summed E-state index contributed by atoms with van der Waals surface area (Å²) in [4.78, 5) is 11.4. The van der Waals surface area contributed by atoms with Crippen molar-refractivity contribution < 1.29 is 18.3 Å². The lowest BCUT2D eigenvalue weighted by molar-refractivity contribution is -0.142. The van der Waals surface area contributed by atoms with Crippen LogP contribution < -0.4 is 0 Å². The summed E-state index contributed by atoms with van der Waals surface area (Å²) in [6, 6.07) is 5.28. The number of aryl methyl sites for hydroxylation is 2. The molecule has 0 spiro atoms. The minimum Gasteiger partial charge on any atom is -0.481 e. The second kappa shape index (κ2) is 5.18. The highest BCUT2D eigenvalue weighted by Gasteiger charge is 2.41. The Bertz CT molecular complexity index is 639. The summed E-state index contributed by atoms with van der Waals surface area (Å²) in [5, 5.41) is 9.11. The molecule has 1 heterocycles. The molecule has 110 valence electrons. The quantitative estimate of drug-likeness (QED) is 0.920. The summed E-state index contributed by atoms with van der Waals surface area (Å²) in [6.45, 7) is 5.67. The van der Waals surface area contributed by atoms with Crippen LogP contribution in [-0.4, -0.2) is 36.9 Å². The molecule has 6 heteroatoms. The van der Waals surface area contributed by atoms with E-state index in [1.165, 1.54) is 4.31 Å². The molecule has 0 saturated carbocycles. The Morgan fingerprint density at radius 1 is 1.30 bits per heavy atom. The Balaban J connectivity index is 2.37. The molecule has 0 bridgehead atoms. The second-order valence-corrected chi connectivity index (χ2v) is 7.42. The Labute approximate surface area is 119 Å². The summed E-state index contributed by atoms with van der Waals surface area (Å²) < 4.78 is 26.6. The smallest absolute Gasteiger partial charge is 0.308 e. The van der Waals surface area contributed by atoms with E-state index in [1.54, 1.807) is 26.0 Å². The van der Waals surface area contributed by atoms with Crippen LogP contribution in [0, 0.1) is 25.7 Å². The zero-order valence-corrected chi connectivity index (χ0v) is 12.6. The van der Waals surface area contributed by atoms with Crippen LogP contribution in [-0.2, 0) is 14.8 Å². The molecule has 1 aromatic carbocycles. The Morgan fingerprint density at radius 2 is 1.95 bits per heavy atom. The molecule has 1 N–H and O–H groups in total. The van der Waals surface area contributed by atoms with Gasteiger partial charge in [0.05, 0.1) is 10.8 Å². The van der Waals surface area contributed by atoms with E-state index in [2.05, 4.69) is 0 Å². The minimum absolute atomic E-state index is 0.0478. The van der Waals surface area contributed by atoms with Gasteiger partial charge in [-0.05, 0) is 37.0 Å². The molecular formula is C14H19NO4S. The maximum absolute atomic E-state index is 12.7. The average Bonchev–Trinajstić information content (AvgIpc) is 2.75. The zero-order valence-electron chi connectivity index (χ0n) is 11.8. The van der Waals surface area contributed by atoms with E-state index >= 15 is 0 Å². The van der Waals surface area contributed by atoms with Crippen LogP contribution in [0.2, 0.25) is 0 Å².